The Kier molecular flexibility index (Phi) is 5.35. The van der Waals surface area contributed by atoms with E-state index in [2.05, 4.69) is 11.1 Å². The first-order chi connectivity index (χ1) is 12.7. The molecule has 2 aromatic carbocycles. The summed E-state index contributed by atoms with van der Waals surface area (Å²) in [6, 6.07) is 15.6. The molecule has 5 heteroatoms. The van der Waals surface area contributed by atoms with Gasteiger partial charge in [0.15, 0.2) is 0 Å². The lowest BCUT2D eigenvalue weighted by atomic mass is 9.96. The van der Waals surface area contributed by atoms with Crippen molar-refractivity contribution in [3.63, 3.8) is 0 Å². The molecule has 132 valence electrons. The smallest absolute Gasteiger partial charge is 0.221 e. The molecule has 0 saturated carbocycles. The second-order valence-corrected chi connectivity index (χ2v) is 6.17. The number of rotatable bonds is 6. The largest absolute Gasteiger partial charge is 0.496 e. The van der Waals surface area contributed by atoms with E-state index >= 15 is 0 Å². The number of benzene rings is 2. The van der Waals surface area contributed by atoms with Crippen molar-refractivity contribution in [3.05, 3.63) is 54.2 Å². The minimum Gasteiger partial charge on any atom is -0.496 e. The Balaban J connectivity index is 2.18. The summed E-state index contributed by atoms with van der Waals surface area (Å²) >= 11 is 0. The fraction of sp³-hybridized carbons (Fsp3) is 0.238. The summed E-state index contributed by atoms with van der Waals surface area (Å²) in [5.74, 6) is 1.28. The molecular formula is C21H21N3O2. The Morgan fingerprint density at radius 1 is 1.08 bits per heavy atom. The van der Waals surface area contributed by atoms with Crippen molar-refractivity contribution in [2.24, 2.45) is 0 Å². The van der Waals surface area contributed by atoms with Crippen LogP contribution in [0.1, 0.15) is 5.56 Å². The minimum absolute atomic E-state index is 0.528. The van der Waals surface area contributed by atoms with Crippen molar-refractivity contribution in [2.75, 3.05) is 34.4 Å². The highest BCUT2D eigenvalue weighted by atomic mass is 16.5. The van der Waals surface area contributed by atoms with E-state index in [4.69, 9.17) is 9.47 Å². The number of fused-ring (bicyclic) bond motifs is 1. The zero-order valence-corrected chi connectivity index (χ0v) is 15.2. The number of methoxy groups -OCH3 is 1. The molecular weight excluding hydrogens is 326 g/mol. The topological polar surface area (TPSA) is 58.4 Å². The number of hydrogen-bond donors (Lipinski definition) is 0. The number of pyridine rings is 1. The Hall–Kier alpha value is -3.10. The second-order valence-electron chi connectivity index (χ2n) is 6.17. The number of likely N-dealkylation sites (N-methyl/N-ethyl adjacent to an activating group) is 1. The maximum absolute atomic E-state index is 9.62. The Morgan fingerprint density at radius 3 is 2.62 bits per heavy atom. The summed E-state index contributed by atoms with van der Waals surface area (Å²) in [6.45, 7) is 1.31. The molecule has 5 nitrogen and oxygen atoms in total. The molecule has 0 amide bonds. The van der Waals surface area contributed by atoms with Crippen LogP contribution >= 0.6 is 0 Å². The van der Waals surface area contributed by atoms with E-state index in [-0.39, 0.29) is 0 Å². The van der Waals surface area contributed by atoms with Gasteiger partial charge < -0.3 is 14.4 Å². The first-order valence-electron chi connectivity index (χ1n) is 8.38. The molecule has 0 bridgehead atoms. The van der Waals surface area contributed by atoms with Gasteiger partial charge in [-0.2, -0.15) is 5.26 Å². The van der Waals surface area contributed by atoms with Crippen LogP contribution < -0.4 is 9.47 Å². The lowest BCUT2D eigenvalue weighted by Gasteiger charge is -2.15. The fourth-order valence-corrected chi connectivity index (χ4v) is 2.88. The normalized spacial score (nSPS) is 10.7. The predicted octanol–water partition coefficient (Wildman–Crippen LogP) is 3.72. The molecule has 1 heterocycles. The van der Waals surface area contributed by atoms with Gasteiger partial charge in [0.2, 0.25) is 5.88 Å². The molecule has 3 rings (SSSR count). The van der Waals surface area contributed by atoms with Crippen LogP contribution in [0.4, 0.5) is 0 Å². The second kappa shape index (κ2) is 7.85. The van der Waals surface area contributed by atoms with Crippen LogP contribution in [0.5, 0.6) is 11.6 Å². The monoisotopic (exact) mass is 347 g/mol. The minimum atomic E-state index is 0.528. The lowest BCUT2D eigenvalue weighted by Crippen LogP contribution is -2.19. The van der Waals surface area contributed by atoms with Gasteiger partial charge in [0, 0.05) is 34.6 Å². The number of hydrogen-bond acceptors (Lipinski definition) is 5. The van der Waals surface area contributed by atoms with Crippen molar-refractivity contribution in [1.29, 1.82) is 5.26 Å². The Labute approximate surface area is 153 Å². The highest BCUT2D eigenvalue weighted by molar-refractivity contribution is 6.03. The Morgan fingerprint density at radius 2 is 1.88 bits per heavy atom. The molecule has 0 aliphatic heterocycles. The number of aromatic nitrogens is 1. The van der Waals surface area contributed by atoms with E-state index in [1.54, 1.807) is 13.3 Å². The first-order valence-corrected chi connectivity index (χ1v) is 8.38. The van der Waals surface area contributed by atoms with Crippen LogP contribution in [0.2, 0.25) is 0 Å². The summed E-state index contributed by atoms with van der Waals surface area (Å²) in [6.07, 6.45) is 1.76. The molecule has 26 heavy (non-hydrogen) atoms. The summed E-state index contributed by atoms with van der Waals surface area (Å²) in [7, 11) is 5.62. The van der Waals surface area contributed by atoms with Crippen LogP contribution in [0.3, 0.4) is 0 Å². The Bertz CT molecular complexity index is 961. The highest BCUT2D eigenvalue weighted by Gasteiger charge is 2.16. The van der Waals surface area contributed by atoms with Crippen molar-refractivity contribution < 1.29 is 9.47 Å². The van der Waals surface area contributed by atoms with Crippen LogP contribution in [0, 0.1) is 11.3 Å². The van der Waals surface area contributed by atoms with Gasteiger partial charge in [-0.25, -0.2) is 4.98 Å². The number of nitriles is 1. The maximum atomic E-state index is 9.62. The van der Waals surface area contributed by atoms with E-state index in [1.165, 1.54) is 0 Å². The van der Waals surface area contributed by atoms with Crippen LogP contribution in [0.15, 0.2) is 48.7 Å². The zero-order chi connectivity index (χ0) is 18.5. The lowest BCUT2D eigenvalue weighted by molar-refractivity contribution is 0.256. The molecule has 0 atom stereocenters. The third-order valence-electron chi connectivity index (χ3n) is 4.17. The summed E-state index contributed by atoms with van der Waals surface area (Å²) in [4.78, 5) is 6.57. The highest BCUT2D eigenvalue weighted by Crippen LogP contribution is 2.38. The van der Waals surface area contributed by atoms with E-state index in [1.807, 2.05) is 61.5 Å². The fourth-order valence-electron chi connectivity index (χ4n) is 2.88. The van der Waals surface area contributed by atoms with Gasteiger partial charge in [0.1, 0.15) is 12.4 Å². The van der Waals surface area contributed by atoms with Gasteiger partial charge in [-0.15, -0.1) is 0 Å². The molecule has 0 spiro atoms. The molecule has 0 saturated heterocycles. The average molecular weight is 347 g/mol. The van der Waals surface area contributed by atoms with E-state index < -0.39 is 0 Å². The van der Waals surface area contributed by atoms with Crippen LogP contribution in [-0.2, 0) is 0 Å². The van der Waals surface area contributed by atoms with E-state index in [0.717, 1.165) is 34.2 Å². The third kappa shape index (κ3) is 3.46. The summed E-state index contributed by atoms with van der Waals surface area (Å²) < 4.78 is 11.4. The van der Waals surface area contributed by atoms with Crippen LogP contribution in [0.25, 0.3) is 21.9 Å². The standard InChI is InChI=1S/C21H21N3O2/c1-24(2)11-12-26-21-17-9-6-7-15(13-22)20(17)18(14-23-21)16-8-4-5-10-19(16)25-3/h4-10,14H,11-12H2,1-3H3. The number of ether oxygens (including phenoxy) is 2. The van der Waals surface area contributed by atoms with Gasteiger partial charge in [-0.3, -0.25) is 0 Å². The predicted molar refractivity (Wildman–Crippen MR) is 102 cm³/mol. The summed E-state index contributed by atoms with van der Waals surface area (Å²) in [5, 5.41) is 11.3. The van der Waals surface area contributed by atoms with Crippen molar-refractivity contribution in [1.82, 2.24) is 9.88 Å². The zero-order valence-electron chi connectivity index (χ0n) is 15.2. The molecule has 0 aliphatic rings. The van der Waals surface area contributed by atoms with Crippen molar-refractivity contribution in [2.45, 2.75) is 0 Å². The van der Waals surface area contributed by atoms with E-state index in [0.29, 0.717) is 18.1 Å². The van der Waals surface area contributed by atoms with Gasteiger partial charge in [0.25, 0.3) is 0 Å². The molecule has 0 unspecified atom stereocenters. The summed E-state index contributed by atoms with van der Waals surface area (Å²) in [5.41, 5.74) is 2.34. The van der Waals surface area contributed by atoms with Crippen molar-refractivity contribution in [3.8, 4) is 28.8 Å². The quantitative estimate of drug-likeness (QED) is 0.680. The first kappa shape index (κ1) is 17.7. The van der Waals surface area contributed by atoms with Gasteiger partial charge >= 0.3 is 0 Å². The third-order valence-corrected chi connectivity index (χ3v) is 4.17. The van der Waals surface area contributed by atoms with Gasteiger partial charge in [-0.05, 0) is 32.3 Å². The van der Waals surface area contributed by atoms with Crippen molar-refractivity contribution >= 4 is 10.8 Å². The molecule has 3 aromatic rings. The van der Waals surface area contributed by atoms with E-state index in [9.17, 15) is 5.26 Å². The molecule has 0 fully saturated rings. The molecule has 0 radical (unpaired) electrons. The average Bonchev–Trinajstić information content (AvgIpc) is 2.67. The number of para-hydroxylation sites is 1. The van der Waals surface area contributed by atoms with Gasteiger partial charge in [-0.1, -0.05) is 24.3 Å². The van der Waals surface area contributed by atoms with Crippen LogP contribution in [-0.4, -0.2) is 44.2 Å². The molecule has 1 aromatic heterocycles. The molecule has 0 aliphatic carbocycles. The molecule has 0 N–H and O–H groups in total. The number of nitrogens with zero attached hydrogens (tertiary/aromatic N) is 3. The SMILES string of the molecule is COc1ccccc1-c1cnc(OCCN(C)C)c2cccc(C#N)c12. The maximum Gasteiger partial charge on any atom is 0.221 e. The van der Waals surface area contributed by atoms with Gasteiger partial charge in [0.05, 0.1) is 18.7 Å².